The first-order valence-electron chi connectivity index (χ1n) is 7.52. The molecular weight excluding hydrogens is 291 g/mol. The fourth-order valence-electron chi connectivity index (χ4n) is 3.32. The van der Waals surface area contributed by atoms with Crippen molar-refractivity contribution in [2.24, 2.45) is 0 Å². The van der Waals surface area contributed by atoms with Gasteiger partial charge in [-0.25, -0.2) is 4.98 Å². The highest BCUT2D eigenvalue weighted by molar-refractivity contribution is 6.31. The van der Waals surface area contributed by atoms with Crippen LogP contribution in [0.1, 0.15) is 56.8 Å². The number of hydrogen-bond acceptors (Lipinski definition) is 1. The normalized spacial score (nSPS) is 18.1. The van der Waals surface area contributed by atoms with Crippen LogP contribution in [0.2, 0.25) is 5.02 Å². The van der Waals surface area contributed by atoms with Crippen molar-refractivity contribution in [1.82, 2.24) is 9.55 Å². The van der Waals surface area contributed by atoms with E-state index in [4.69, 9.17) is 23.2 Å². The van der Waals surface area contributed by atoms with Crippen LogP contribution in [0.15, 0.2) is 18.2 Å². The number of fused-ring (bicyclic) bond motifs is 1. The van der Waals surface area contributed by atoms with E-state index in [1.165, 1.54) is 50.5 Å². The first-order chi connectivity index (χ1) is 9.79. The predicted octanol–water partition coefficient (Wildman–Crippen LogP) is 5.71. The van der Waals surface area contributed by atoms with E-state index < -0.39 is 0 Å². The second-order valence-electron chi connectivity index (χ2n) is 5.66. The Morgan fingerprint density at radius 1 is 1.10 bits per heavy atom. The number of nitrogens with zero attached hydrogens (tertiary/aromatic N) is 2. The van der Waals surface area contributed by atoms with Crippen molar-refractivity contribution in [3.63, 3.8) is 0 Å². The monoisotopic (exact) mass is 310 g/mol. The van der Waals surface area contributed by atoms with Gasteiger partial charge in [0.1, 0.15) is 5.82 Å². The molecule has 1 aliphatic carbocycles. The maximum atomic E-state index is 6.12. The summed E-state index contributed by atoms with van der Waals surface area (Å²) in [7, 11) is 0. The molecule has 1 aromatic heterocycles. The molecule has 1 heterocycles. The van der Waals surface area contributed by atoms with E-state index in [1.54, 1.807) is 0 Å². The first-order valence-corrected chi connectivity index (χ1v) is 8.43. The molecule has 0 unspecified atom stereocenters. The van der Waals surface area contributed by atoms with Crippen LogP contribution in [-0.2, 0) is 5.88 Å². The third-order valence-electron chi connectivity index (χ3n) is 4.28. The molecule has 2 aromatic rings. The van der Waals surface area contributed by atoms with Crippen LogP contribution in [0, 0.1) is 0 Å². The molecule has 108 valence electrons. The average molecular weight is 311 g/mol. The Morgan fingerprint density at radius 2 is 1.80 bits per heavy atom. The standard InChI is InChI=1S/C16H20Cl2N2/c17-11-16-19-14-10-12(18)8-9-15(14)20(16)13-6-4-2-1-3-5-7-13/h8-10,13H,1-7,11H2. The summed E-state index contributed by atoms with van der Waals surface area (Å²) in [6.45, 7) is 0. The van der Waals surface area contributed by atoms with Crippen LogP contribution < -0.4 is 0 Å². The number of imidazole rings is 1. The zero-order valence-corrected chi connectivity index (χ0v) is 13.1. The zero-order chi connectivity index (χ0) is 13.9. The molecule has 0 saturated heterocycles. The summed E-state index contributed by atoms with van der Waals surface area (Å²) < 4.78 is 2.37. The molecular formula is C16H20Cl2N2. The van der Waals surface area contributed by atoms with Gasteiger partial charge >= 0.3 is 0 Å². The van der Waals surface area contributed by atoms with Gasteiger partial charge in [0.25, 0.3) is 0 Å². The Balaban J connectivity index is 2.03. The maximum Gasteiger partial charge on any atom is 0.125 e. The van der Waals surface area contributed by atoms with Crippen LogP contribution >= 0.6 is 23.2 Å². The van der Waals surface area contributed by atoms with Gasteiger partial charge in [-0.15, -0.1) is 11.6 Å². The third kappa shape index (κ3) is 2.82. The number of halogens is 2. The summed E-state index contributed by atoms with van der Waals surface area (Å²) in [5.41, 5.74) is 2.14. The largest absolute Gasteiger partial charge is 0.324 e. The average Bonchev–Trinajstić information content (AvgIpc) is 2.76. The lowest BCUT2D eigenvalue weighted by Gasteiger charge is -2.23. The zero-order valence-electron chi connectivity index (χ0n) is 11.6. The number of hydrogen-bond donors (Lipinski definition) is 0. The summed E-state index contributed by atoms with van der Waals surface area (Å²) in [5.74, 6) is 1.44. The van der Waals surface area contributed by atoms with Crippen LogP contribution in [-0.4, -0.2) is 9.55 Å². The Hall–Kier alpha value is -0.730. The first kappa shape index (κ1) is 14.2. The molecule has 0 amide bonds. The Labute approximate surface area is 130 Å². The molecule has 2 nitrogen and oxygen atoms in total. The van der Waals surface area contributed by atoms with Crippen molar-refractivity contribution in [3.05, 3.63) is 29.0 Å². The van der Waals surface area contributed by atoms with E-state index in [0.717, 1.165) is 16.4 Å². The summed E-state index contributed by atoms with van der Waals surface area (Å²) in [6, 6.07) is 6.50. The van der Waals surface area contributed by atoms with Gasteiger partial charge < -0.3 is 4.57 Å². The van der Waals surface area contributed by atoms with Gasteiger partial charge in [-0.3, -0.25) is 0 Å². The van der Waals surface area contributed by atoms with Crippen molar-refractivity contribution < 1.29 is 0 Å². The lowest BCUT2D eigenvalue weighted by molar-refractivity contribution is 0.373. The lowest BCUT2D eigenvalue weighted by atomic mass is 9.96. The Kier molecular flexibility index (Phi) is 4.52. The molecule has 0 radical (unpaired) electrons. The SMILES string of the molecule is ClCc1nc2cc(Cl)ccc2n1C1CCCCCCC1. The van der Waals surface area contributed by atoms with Gasteiger partial charge in [-0.2, -0.15) is 0 Å². The van der Waals surface area contributed by atoms with Crippen LogP contribution in [0.3, 0.4) is 0 Å². The van der Waals surface area contributed by atoms with Crippen LogP contribution in [0.5, 0.6) is 0 Å². The van der Waals surface area contributed by atoms with Gasteiger partial charge in [-0.05, 0) is 31.0 Å². The minimum atomic E-state index is 0.461. The van der Waals surface area contributed by atoms with E-state index in [1.807, 2.05) is 12.1 Å². The van der Waals surface area contributed by atoms with Crippen LogP contribution in [0.4, 0.5) is 0 Å². The molecule has 3 rings (SSSR count). The topological polar surface area (TPSA) is 17.8 Å². The maximum absolute atomic E-state index is 6.12. The second-order valence-corrected chi connectivity index (χ2v) is 6.37. The van der Waals surface area contributed by atoms with Gasteiger partial charge in [0, 0.05) is 11.1 Å². The minimum absolute atomic E-state index is 0.461. The third-order valence-corrected chi connectivity index (χ3v) is 4.76. The van der Waals surface area contributed by atoms with Crippen molar-refractivity contribution in [1.29, 1.82) is 0 Å². The molecule has 0 atom stereocenters. The Morgan fingerprint density at radius 3 is 2.50 bits per heavy atom. The summed E-state index contributed by atoms with van der Waals surface area (Å²) in [6.07, 6.45) is 9.17. The van der Waals surface area contributed by atoms with Gasteiger partial charge in [0.15, 0.2) is 0 Å². The second kappa shape index (κ2) is 6.36. The molecule has 0 N–H and O–H groups in total. The molecule has 1 aliphatic rings. The van der Waals surface area contributed by atoms with E-state index in [0.29, 0.717) is 11.9 Å². The highest BCUT2D eigenvalue weighted by atomic mass is 35.5. The van der Waals surface area contributed by atoms with Crippen LogP contribution in [0.25, 0.3) is 11.0 Å². The molecule has 1 saturated carbocycles. The predicted molar refractivity (Wildman–Crippen MR) is 85.7 cm³/mol. The summed E-state index contributed by atoms with van der Waals surface area (Å²) in [4.78, 5) is 4.67. The van der Waals surface area contributed by atoms with E-state index >= 15 is 0 Å². The quantitative estimate of drug-likeness (QED) is 0.649. The lowest BCUT2D eigenvalue weighted by Crippen LogP contribution is -2.13. The van der Waals surface area contributed by atoms with Crippen molar-refractivity contribution in [3.8, 4) is 0 Å². The van der Waals surface area contributed by atoms with E-state index in [9.17, 15) is 0 Å². The fraction of sp³-hybridized carbons (Fsp3) is 0.562. The van der Waals surface area contributed by atoms with E-state index in [-0.39, 0.29) is 0 Å². The molecule has 4 heteroatoms. The van der Waals surface area contributed by atoms with Gasteiger partial charge in [0.05, 0.1) is 16.9 Å². The minimum Gasteiger partial charge on any atom is -0.324 e. The number of alkyl halides is 1. The highest BCUT2D eigenvalue weighted by Gasteiger charge is 2.19. The molecule has 0 aliphatic heterocycles. The van der Waals surface area contributed by atoms with E-state index in [2.05, 4.69) is 15.6 Å². The fourth-order valence-corrected chi connectivity index (χ4v) is 3.67. The van der Waals surface area contributed by atoms with Crippen molar-refractivity contribution in [2.45, 2.75) is 56.9 Å². The number of rotatable bonds is 2. The highest BCUT2D eigenvalue weighted by Crippen LogP contribution is 2.32. The number of aromatic nitrogens is 2. The van der Waals surface area contributed by atoms with Crippen molar-refractivity contribution in [2.75, 3.05) is 0 Å². The molecule has 0 bridgehead atoms. The smallest absolute Gasteiger partial charge is 0.125 e. The number of benzene rings is 1. The molecule has 0 spiro atoms. The molecule has 1 fully saturated rings. The van der Waals surface area contributed by atoms with Crippen molar-refractivity contribution >= 4 is 34.2 Å². The van der Waals surface area contributed by atoms with Gasteiger partial charge in [0.2, 0.25) is 0 Å². The molecule has 20 heavy (non-hydrogen) atoms. The Bertz CT molecular complexity index is 583. The summed E-state index contributed by atoms with van der Waals surface area (Å²) in [5, 5.41) is 0.737. The summed E-state index contributed by atoms with van der Waals surface area (Å²) >= 11 is 12.2. The van der Waals surface area contributed by atoms with Gasteiger partial charge in [-0.1, -0.05) is 43.7 Å². The molecule has 1 aromatic carbocycles.